The molecule has 0 aliphatic carbocycles. The number of aromatic nitrogens is 6. The average Bonchev–Trinajstić information content (AvgIpc) is 2.65. The molecule has 0 aromatic carbocycles. The van der Waals surface area contributed by atoms with Crippen LogP contribution in [-0.4, -0.2) is 29.8 Å². The summed E-state index contributed by atoms with van der Waals surface area (Å²) in [6.07, 6.45) is 1.28. The first kappa shape index (κ1) is 11.0. The number of tetrazole rings is 1. The predicted octanol–water partition coefficient (Wildman–Crippen LogP) is 0.122. The lowest BCUT2D eigenvalue weighted by molar-refractivity contribution is 0.623. The van der Waals surface area contributed by atoms with Gasteiger partial charge < -0.3 is 0 Å². The van der Waals surface area contributed by atoms with E-state index in [9.17, 15) is 4.79 Å². The van der Waals surface area contributed by atoms with E-state index in [1.54, 1.807) is 7.05 Å². The Balaban J connectivity index is 2.36. The van der Waals surface area contributed by atoms with Crippen molar-refractivity contribution in [2.75, 3.05) is 0 Å². The van der Waals surface area contributed by atoms with Crippen molar-refractivity contribution in [1.82, 2.24) is 29.8 Å². The molecule has 2 aromatic rings. The zero-order valence-electron chi connectivity index (χ0n) is 8.13. The lowest BCUT2D eigenvalue weighted by Gasteiger charge is -2.02. The summed E-state index contributed by atoms with van der Waals surface area (Å²) in [5.74, 6) is 0.393. The third-order valence-corrected chi connectivity index (χ3v) is 2.53. The Morgan fingerprint density at radius 3 is 2.81 bits per heavy atom. The second kappa shape index (κ2) is 4.18. The molecule has 7 nitrogen and oxygen atoms in total. The minimum absolute atomic E-state index is 0.0185. The van der Waals surface area contributed by atoms with Gasteiger partial charge in [0.1, 0.15) is 5.02 Å². The Hall–Kier alpha value is -1.47. The lowest BCUT2D eigenvalue weighted by atomic mass is 10.5. The summed E-state index contributed by atoms with van der Waals surface area (Å²) in [5.41, 5.74) is -0.436. The summed E-state index contributed by atoms with van der Waals surface area (Å²) in [4.78, 5) is 16.7. The van der Waals surface area contributed by atoms with Crippen molar-refractivity contribution >= 4 is 23.2 Å². The molecule has 84 valence electrons. The van der Waals surface area contributed by atoms with E-state index in [4.69, 9.17) is 23.2 Å². The fraction of sp³-hybridized carbons (Fsp3) is 0.286. The van der Waals surface area contributed by atoms with Gasteiger partial charge in [0.15, 0.2) is 11.0 Å². The zero-order valence-corrected chi connectivity index (χ0v) is 9.64. The second-order valence-corrected chi connectivity index (χ2v) is 3.71. The summed E-state index contributed by atoms with van der Waals surface area (Å²) < 4.78 is 1.26. The molecule has 0 fully saturated rings. The number of rotatable bonds is 2. The molecule has 0 aliphatic rings. The Morgan fingerprint density at radius 2 is 2.19 bits per heavy atom. The molecule has 0 unspecified atom stereocenters. The van der Waals surface area contributed by atoms with Crippen LogP contribution in [0.25, 0.3) is 0 Å². The zero-order chi connectivity index (χ0) is 11.7. The van der Waals surface area contributed by atoms with E-state index < -0.39 is 5.56 Å². The molecule has 0 N–H and O–H groups in total. The van der Waals surface area contributed by atoms with Crippen molar-refractivity contribution in [3.8, 4) is 0 Å². The number of hydrogen-bond donors (Lipinski definition) is 0. The van der Waals surface area contributed by atoms with Crippen LogP contribution < -0.4 is 5.56 Å². The van der Waals surface area contributed by atoms with Crippen LogP contribution >= 0.6 is 23.2 Å². The maximum absolute atomic E-state index is 11.6. The van der Waals surface area contributed by atoms with Crippen molar-refractivity contribution in [2.24, 2.45) is 7.05 Å². The first-order valence-corrected chi connectivity index (χ1v) is 4.97. The van der Waals surface area contributed by atoms with Gasteiger partial charge in [0, 0.05) is 0 Å². The Morgan fingerprint density at radius 1 is 1.44 bits per heavy atom. The van der Waals surface area contributed by atoms with Crippen molar-refractivity contribution in [3.63, 3.8) is 0 Å². The summed E-state index contributed by atoms with van der Waals surface area (Å²) in [7, 11) is 1.63. The molecule has 0 atom stereocenters. The van der Waals surface area contributed by atoms with Crippen molar-refractivity contribution in [2.45, 2.75) is 6.54 Å². The van der Waals surface area contributed by atoms with E-state index in [2.05, 4.69) is 20.4 Å². The normalized spacial score (nSPS) is 10.7. The van der Waals surface area contributed by atoms with Crippen molar-refractivity contribution in [3.05, 3.63) is 32.7 Å². The Kier molecular flexibility index (Phi) is 2.88. The SMILES string of the molecule is Cn1nnc(Cn2cnc(Cl)c(Cl)c2=O)n1. The molecular weight excluding hydrogens is 255 g/mol. The molecule has 9 heteroatoms. The van der Waals surface area contributed by atoms with E-state index >= 15 is 0 Å². The van der Waals surface area contributed by atoms with Crippen LogP contribution in [0.4, 0.5) is 0 Å². The van der Waals surface area contributed by atoms with Gasteiger partial charge in [-0.15, -0.1) is 10.2 Å². The lowest BCUT2D eigenvalue weighted by Crippen LogP contribution is -2.22. The van der Waals surface area contributed by atoms with Gasteiger partial charge in [-0.3, -0.25) is 9.36 Å². The van der Waals surface area contributed by atoms with Crippen LogP contribution in [0.1, 0.15) is 5.82 Å². The standard InChI is InChI=1S/C7H6Cl2N6O/c1-14-12-4(11-13-14)2-15-3-10-6(9)5(8)7(15)16/h3H,2H2,1H3. The topological polar surface area (TPSA) is 78.5 Å². The minimum atomic E-state index is -0.436. The van der Waals surface area contributed by atoms with E-state index in [1.807, 2.05) is 0 Å². The molecule has 0 spiro atoms. The Bertz CT molecular complexity index is 576. The number of halogens is 2. The molecule has 2 heterocycles. The first-order valence-electron chi connectivity index (χ1n) is 4.21. The largest absolute Gasteiger partial charge is 0.290 e. The van der Waals surface area contributed by atoms with Gasteiger partial charge in [0.2, 0.25) is 0 Å². The number of aryl methyl sites for hydroxylation is 1. The highest BCUT2D eigenvalue weighted by atomic mass is 35.5. The third-order valence-electron chi connectivity index (χ3n) is 1.80. The molecule has 0 bridgehead atoms. The predicted molar refractivity (Wildman–Crippen MR) is 56.4 cm³/mol. The molecule has 0 saturated carbocycles. The fourth-order valence-corrected chi connectivity index (χ4v) is 1.38. The second-order valence-electron chi connectivity index (χ2n) is 2.98. The third kappa shape index (κ3) is 2.05. The van der Waals surface area contributed by atoms with E-state index in [1.165, 1.54) is 15.7 Å². The van der Waals surface area contributed by atoms with Crippen molar-refractivity contribution < 1.29 is 0 Å². The highest BCUT2D eigenvalue weighted by Gasteiger charge is 2.09. The van der Waals surface area contributed by atoms with Gasteiger partial charge in [0.05, 0.1) is 19.9 Å². The molecule has 2 rings (SSSR count). The summed E-state index contributed by atoms with van der Waals surface area (Å²) in [6.45, 7) is 0.149. The van der Waals surface area contributed by atoms with Crippen LogP contribution in [0.5, 0.6) is 0 Å². The van der Waals surface area contributed by atoms with Gasteiger partial charge in [-0.1, -0.05) is 23.2 Å². The van der Waals surface area contributed by atoms with Crippen LogP contribution in [0.2, 0.25) is 10.2 Å². The molecule has 0 saturated heterocycles. The van der Waals surface area contributed by atoms with Gasteiger partial charge >= 0.3 is 0 Å². The van der Waals surface area contributed by atoms with Crippen molar-refractivity contribution in [1.29, 1.82) is 0 Å². The first-order chi connectivity index (χ1) is 7.58. The maximum atomic E-state index is 11.6. The smallest absolute Gasteiger partial charge is 0.274 e. The van der Waals surface area contributed by atoms with Crippen LogP contribution in [0.3, 0.4) is 0 Å². The molecule has 0 radical (unpaired) electrons. The van der Waals surface area contributed by atoms with E-state index in [0.29, 0.717) is 5.82 Å². The van der Waals surface area contributed by atoms with Crippen LogP contribution in [0, 0.1) is 0 Å². The fourth-order valence-electron chi connectivity index (χ4n) is 1.10. The number of nitrogens with zero attached hydrogens (tertiary/aromatic N) is 6. The van der Waals surface area contributed by atoms with Gasteiger partial charge in [-0.25, -0.2) is 4.98 Å². The van der Waals surface area contributed by atoms with Gasteiger partial charge in [-0.2, -0.15) is 4.80 Å². The van der Waals surface area contributed by atoms with E-state index in [0.717, 1.165) is 0 Å². The molecule has 2 aromatic heterocycles. The summed E-state index contributed by atoms with van der Waals surface area (Å²) in [6, 6.07) is 0. The van der Waals surface area contributed by atoms with Crippen LogP contribution in [0.15, 0.2) is 11.1 Å². The molecule has 16 heavy (non-hydrogen) atoms. The van der Waals surface area contributed by atoms with E-state index in [-0.39, 0.29) is 16.7 Å². The highest BCUT2D eigenvalue weighted by Crippen LogP contribution is 2.12. The minimum Gasteiger partial charge on any atom is -0.290 e. The monoisotopic (exact) mass is 260 g/mol. The highest BCUT2D eigenvalue weighted by molar-refractivity contribution is 6.40. The molecule has 0 aliphatic heterocycles. The summed E-state index contributed by atoms with van der Waals surface area (Å²) >= 11 is 11.3. The maximum Gasteiger partial charge on any atom is 0.274 e. The summed E-state index contributed by atoms with van der Waals surface area (Å²) in [5, 5.41) is 11.2. The van der Waals surface area contributed by atoms with Gasteiger partial charge in [-0.05, 0) is 5.21 Å². The average molecular weight is 261 g/mol. The molecular formula is C7H6Cl2N6O. The number of hydrogen-bond acceptors (Lipinski definition) is 5. The Labute approximate surface area is 99.6 Å². The quantitative estimate of drug-likeness (QED) is 0.717. The molecule has 0 amide bonds. The van der Waals surface area contributed by atoms with Gasteiger partial charge in [0.25, 0.3) is 5.56 Å². The van der Waals surface area contributed by atoms with Crippen LogP contribution in [-0.2, 0) is 13.6 Å².